The van der Waals surface area contributed by atoms with E-state index in [1.807, 2.05) is 31.2 Å². The zero-order valence-electron chi connectivity index (χ0n) is 24.6. The predicted molar refractivity (Wildman–Crippen MR) is 154 cm³/mol. The van der Waals surface area contributed by atoms with Gasteiger partial charge in [0.2, 0.25) is 0 Å². The lowest BCUT2D eigenvalue weighted by molar-refractivity contribution is -0.00981. The highest BCUT2D eigenvalue weighted by Crippen LogP contribution is 2.39. The van der Waals surface area contributed by atoms with Crippen molar-refractivity contribution in [1.82, 2.24) is 0 Å². The molecule has 0 aromatic heterocycles. The van der Waals surface area contributed by atoms with Crippen LogP contribution in [0.4, 0.5) is 0 Å². The topological polar surface area (TPSA) is 46.2 Å². The van der Waals surface area contributed by atoms with Crippen molar-refractivity contribution in [3.63, 3.8) is 0 Å². The summed E-state index contributed by atoms with van der Waals surface area (Å²) in [6, 6.07) is 16.3. The Morgan fingerprint density at radius 1 is 0.763 bits per heavy atom. The predicted octanol–water partition coefficient (Wildman–Crippen LogP) is 8.40. The molecule has 3 aromatic rings. The van der Waals surface area contributed by atoms with Gasteiger partial charge in [0.1, 0.15) is 28.7 Å². The molecule has 0 N–H and O–H groups in total. The molecule has 0 fully saturated rings. The molecule has 0 amide bonds. The van der Waals surface area contributed by atoms with E-state index in [1.165, 1.54) is 6.42 Å². The summed E-state index contributed by atoms with van der Waals surface area (Å²) >= 11 is 0. The van der Waals surface area contributed by atoms with E-state index >= 15 is 0 Å². The molecule has 206 valence electrons. The molecule has 3 rings (SSSR count). The molecule has 1 atom stereocenters. The first-order valence-electron chi connectivity index (χ1n) is 13.4. The van der Waals surface area contributed by atoms with E-state index < -0.39 is 5.60 Å². The summed E-state index contributed by atoms with van der Waals surface area (Å²) in [5, 5.41) is 0. The van der Waals surface area contributed by atoms with Crippen LogP contribution >= 0.6 is 0 Å². The molecule has 0 bridgehead atoms. The van der Waals surface area contributed by atoms with Crippen molar-refractivity contribution in [1.29, 1.82) is 0 Å². The molecule has 0 aliphatic carbocycles. The van der Waals surface area contributed by atoms with Crippen LogP contribution in [-0.2, 0) is 16.8 Å². The molecule has 0 aliphatic heterocycles. The van der Waals surface area contributed by atoms with Crippen molar-refractivity contribution >= 4 is 0 Å². The summed E-state index contributed by atoms with van der Waals surface area (Å²) in [5.74, 6) is 4.53. The third-order valence-corrected chi connectivity index (χ3v) is 7.22. The van der Waals surface area contributed by atoms with Gasteiger partial charge in [0, 0.05) is 36.8 Å². The van der Waals surface area contributed by atoms with Crippen molar-refractivity contribution in [2.24, 2.45) is 5.92 Å². The van der Waals surface area contributed by atoms with Crippen LogP contribution in [0.25, 0.3) is 0 Å². The Hall–Kier alpha value is -3.18. The lowest BCUT2D eigenvalue weighted by Crippen LogP contribution is -2.25. The smallest absolute Gasteiger partial charge is 0.131 e. The molecule has 0 heterocycles. The van der Waals surface area contributed by atoms with Gasteiger partial charge in [-0.1, -0.05) is 32.4 Å². The van der Waals surface area contributed by atoms with Crippen LogP contribution in [-0.4, -0.2) is 28.4 Å². The summed E-state index contributed by atoms with van der Waals surface area (Å²) in [6.45, 7) is 10.8. The zero-order valence-corrected chi connectivity index (χ0v) is 24.6. The summed E-state index contributed by atoms with van der Waals surface area (Å²) in [5.41, 5.74) is 5.10. The van der Waals surface area contributed by atoms with E-state index in [4.69, 9.17) is 23.7 Å². The van der Waals surface area contributed by atoms with E-state index in [0.29, 0.717) is 12.3 Å². The van der Waals surface area contributed by atoms with Crippen LogP contribution in [0.3, 0.4) is 0 Å². The largest absolute Gasteiger partial charge is 0.497 e. The second kappa shape index (κ2) is 13.1. The molecule has 0 saturated carbocycles. The van der Waals surface area contributed by atoms with Gasteiger partial charge in [-0.2, -0.15) is 0 Å². The van der Waals surface area contributed by atoms with Gasteiger partial charge in [0.15, 0.2) is 0 Å². The van der Waals surface area contributed by atoms with Crippen molar-refractivity contribution in [3.05, 3.63) is 76.3 Å². The minimum Gasteiger partial charge on any atom is -0.497 e. The fourth-order valence-electron chi connectivity index (χ4n) is 4.93. The summed E-state index contributed by atoms with van der Waals surface area (Å²) in [4.78, 5) is 0. The Morgan fingerprint density at radius 2 is 1.45 bits per heavy atom. The monoisotopic (exact) mass is 520 g/mol. The van der Waals surface area contributed by atoms with E-state index in [1.54, 1.807) is 28.4 Å². The molecule has 38 heavy (non-hydrogen) atoms. The zero-order chi connectivity index (χ0) is 27.9. The van der Waals surface area contributed by atoms with Gasteiger partial charge in [-0.15, -0.1) is 0 Å². The first kappa shape index (κ1) is 29.4. The molecule has 5 nitrogen and oxygen atoms in total. The van der Waals surface area contributed by atoms with E-state index in [2.05, 4.69) is 52.0 Å². The molecule has 5 heteroatoms. The highest BCUT2D eigenvalue weighted by molar-refractivity contribution is 5.51. The lowest BCUT2D eigenvalue weighted by Gasteiger charge is -2.31. The molecule has 0 radical (unpaired) electrons. The highest BCUT2D eigenvalue weighted by atomic mass is 16.5. The number of methoxy groups -OCH3 is 4. The van der Waals surface area contributed by atoms with E-state index in [0.717, 1.165) is 69.4 Å². The lowest BCUT2D eigenvalue weighted by atomic mass is 9.87. The third kappa shape index (κ3) is 7.22. The van der Waals surface area contributed by atoms with Gasteiger partial charge in [-0.05, 0) is 80.5 Å². The van der Waals surface area contributed by atoms with E-state index in [-0.39, 0.29) is 0 Å². The Labute approximate surface area is 229 Å². The fourth-order valence-corrected chi connectivity index (χ4v) is 4.93. The minimum atomic E-state index is -0.399. The van der Waals surface area contributed by atoms with Crippen molar-refractivity contribution in [2.75, 3.05) is 28.4 Å². The summed E-state index contributed by atoms with van der Waals surface area (Å²) in [7, 11) is 6.87. The SMILES string of the molecule is COc1cc(C)cc(Oc2cc(C)c(Cc3ccc([C@](C)(CCCC(C)C)OC)c(OC)c3)c(OC)c2)c1. The third-order valence-electron chi connectivity index (χ3n) is 7.22. The average Bonchev–Trinajstić information content (AvgIpc) is 2.89. The molecule has 0 aliphatic rings. The molecule has 0 unspecified atom stereocenters. The van der Waals surface area contributed by atoms with Gasteiger partial charge >= 0.3 is 0 Å². The quantitative estimate of drug-likeness (QED) is 0.226. The van der Waals surface area contributed by atoms with Crippen molar-refractivity contribution < 1.29 is 23.7 Å². The maximum Gasteiger partial charge on any atom is 0.131 e. The summed E-state index contributed by atoms with van der Waals surface area (Å²) < 4.78 is 29.3. The highest BCUT2D eigenvalue weighted by Gasteiger charge is 2.29. The first-order chi connectivity index (χ1) is 18.1. The molecule has 3 aromatic carbocycles. The van der Waals surface area contributed by atoms with Gasteiger partial charge < -0.3 is 23.7 Å². The van der Waals surface area contributed by atoms with Crippen molar-refractivity contribution in [2.45, 2.75) is 65.9 Å². The maximum absolute atomic E-state index is 6.19. The van der Waals surface area contributed by atoms with Crippen LogP contribution in [0, 0.1) is 19.8 Å². The summed E-state index contributed by atoms with van der Waals surface area (Å²) in [6.07, 6.45) is 3.93. The second-order valence-electron chi connectivity index (χ2n) is 10.6. The van der Waals surface area contributed by atoms with E-state index in [9.17, 15) is 0 Å². The molecular weight excluding hydrogens is 476 g/mol. The number of rotatable bonds is 13. The Kier molecular flexibility index (Phi) is 10.1. The van der Waals surface area contributed by atoms with Crippen LogP contribution in [0.2, 0.25) is 0 Å². The second-order valence-corrected chi connectivity index (χ2v) is 10.6. The standard InChI is InChI=1S/C33H44O5/c1-22(2)11-10-14-33(5,37-9)30-13-12-25(19-32(30)36-8)18-29-24(4)17-28(21-31(29)35-7)38-27-16-23(3)15-26(20-27)34-6/h12-13,15-17,19-22H,10-11,14,18H2,1-9H3/t33-/m0/s1. The number of aryl methyl sites for hydroxylation is 2. The average molecular weight is 521 g/mol. The molecule has 0 spiro atoms. The van der Waals surface area contributed by atoms with Gasteiger partial charge in [-0.25, -0.2) is 0 Å². The minimum absolute atomic E-state index is 0.399. The first-order valence-corrected chi connectivity index (χ1v) is 13.4. The van der Waals surface area contributed by atoms with Crippen LogP contribution in [0.5, 0.6) is 28.7 Å². The fraction of sp³-hybridized carbons (Fsp3) is 0.455. The van der Waals surface area contributed by atoms with Gasteiger partial charge in [-0.3, -0.25) is 0 Å². The normalized spacial score (nSPS) is 12.8. The van der Waals surface area contributed by atoms with Crippen molar-refractivity contribution in [3.8, 4) is 28.7 Å². The van der Waals surface area contributed by atoms with Crippen LogP contribution in [0.15, 0.2) is 48.5 Å². The number of benzene rings is 3. The maximum atomic E-state index is 6.19. The van der Waals surface area contributed by atoms with Crippen LogP contribution in [0.1, 0.15) is 67.9 Å². The Morgan fingerprint density at radius 3 is 2.08 bits per heavy atom. The number of hydrogen-bond acceptors (Lipinski definition) is 5. The molecular formula is C33H44O5. The van der Waals surface area contributed by atoms with Crippen LogP contribution < -0.4 is 18.9 Å². The van der Waals surface area contributed by atoms with Gasteiger partial charge in [0.05, 0.1) is 26.9 Å². The number of hydrogen-bond donors (Lipinski definition) is 0. The Bertz CT molecular complexity index is 1220. The van der Waals surface area contributed by atoms with Gasteiger partial charge in [0.25, 0.3) is 0 Å². The Balaban J connectivity index is 1.87. The number of ether oxygens (including phenoxy) is 5. The molecule has 0 saturated heterocycles.